The highest BCUT2D eigenvalue weighted by atomic mass is 16.5. The lowest BCUT2D eigenvalue weighted by Gasteiger charge is -2.34. The zero-order chi connectivity index (χ0) is 17.5. The van der Waals surface area contributed by atoms with E-state index in [9.17, 15) is 4.79 Å². The van der Waals surface area contributed by atoms with Gasteiger partial charge >= 0.3 is 0 Å². The van der Waals surface area contributed by atoms with Crippen molar-refractivity contribution >= 4 is 11.9 Å². The van der Waals surface area contributed by atoms with Gasteiger partial charge in [0.25, 0.3) is 5.91 Å². The molecule has 0 unspecified atom stereocenters. The molecule has 3 rings (SSSR count). The average Bonchev–Trinajstić information content (AvgIpc) is 2.67. The molecule has 1 amide bonds. The molecule has 2 aromatic rings. The Morgan fingerprint density at radius 3 is 2.72 bits per heavy atom. The molecule has 0 saturated carbocycles. The van der Waals surface area contributed by atoms with E-state index >= 15 is 0 Å². The number of rotatable bonds is 6. The standard InChI is InChI=1S/C17H21N5O3/c1-2-24-15-5-7-19-17(20-15)22-10-8-21(9-11-22)16(23)13-25-14-4-3-6-18-12-14/h3-7,12H,2,8-11,13H2,1H3. The van der Waals surface area contributed by atoms with E-state index < -0.39 is 0 Å². The third kappa shape index (κ3) is 4.56. The molecule has 0 spiro atoms. The van der Waals surface area contributed by atoms with Crippen molar-refractivity contribution in [3.05, 3.63) is 36.8 Å². The van der Waals surface area contributed by atoms with Crippen LogP contribution in [0, 0.1) is 0 Å². The van der Waals surface area contributed by atoms with Crippen molar-refractivity contribution in [3.63, 3.8) is 0 Å². The fourth-order valence-electron chi connectivity index (χ4n) is 2.54. The van der Waals surface area contributed by atoms with E-state index in [2.05, 4.69) is 15.0 Å². The van der Waals surface area contributed by atoms with Gasteiger partial charge in [-0.15, -0.1) is 0 Å². The zero-order valence-electron chi connectivity index (χ0n) is 14.2. The van der Waals surface area contributed by atoms with E-state index in [0.717, 1.165) is 0 Å². The third-order valence-electron chi connectivity index (χ3n) is 3.82. The van der Waals surface area contributed by atoms with Crippen molar-refractivity contribution in [2.75, 3.05) is 44.3 Å². The van der Waals surface area contributed by atoms with Crippen LogP contribution in [0.4, 0.5) is 5.95 Å². The number of aromatic nitrogens is 3. The van der Waals surface area contributed by atoms with E-state index in [1.807, 2.05) is 11.8 Å². The molecule has 1 fully saturated rings. The van der Waals surface area contributed by atoms with Crippen LogP contribution in [0.3, 0.4) is 0 Å². The summed E-state index contributed by atoms with van der Waals surface area (Å²) in [6.07, 6.45) is 4.94. The monoisotopic (exact) mass is 343 g/mol. The first-order valence-electron chi connectivity index (χ1n) is 8.27. The fourth-order valence-corrected chi connectivity index (χ4v) is 2.54. The number of carbonyl (C=O) groups excluding carboxylic acids is 1. The van der Waals surface area contributed by atoms with Crippen LogP contribution in [0.15, 0.2) is 36.8 Å². The highest BCUT2D eigenvalue weighted by Gasteiger charge is 2.23. The fraction of sp³-hybridized carbons (Fsp3) is 0.412. The predicted molar refractivity (Wildman–Crippen MR) is 91.7 cm³/mol. The maximum absolute atomic E-state index is 12.3. The number of piperazine rings is 1. The molecule has 1 saturated heterocycles. The molecule has 0 N–H and O–H groups in total. The molecule has 8 nitrogen and oxygen atoms in total. The largest absolute Gasteiger partial charge is 0.482 e. The van der Waals surface area contributed by atoms with Gasteiger partial charge in [0, 0.05) is 44.6 Å². The second-order valence-electron chi connectivity index (χ2n) is 5.47. The van der Waals surface area contributed by atoms with Gasteiger partial charge in [-0.2, -0.15) is 4.98 Å². The number of ether oxygens (including phenoxy) is 2. The molecule has 25 heavy (non-hydrogen) atoms. The van der Waals surface area contributed by atoms with Gasteiger partial charge < -0.3 is 19.3 Å². The third-order valence-corrected chi connectivity index (χ3v) is 3.82. The van der Waals surface area contributed by atoms with Crippen LogP contribution in [0.25, 0.3) is 0 Å². The molecule has 0 bridgehead atoms. The summed E-state index contributed by atoms with van der Waals surface area (Å²) in [5.74, 6) is 1.75. The van der Waals surface area contributed by atoms with Gasteiger partial charge in [-0.3, -0.25) is 9.78 Å². The summed E-state index contributed by atoms with van der Waals surface area (Å²) in [6, 6.07) is 5.29. The number of amides is 1. The molecule has 132 valence electrons. The first-order chi connectivity index (χ1) is 12.3. The van der Waals surface area contributed by atoms with E-state index in [1.165, 1.54) is 0 Å². The minimum Gasteiger partial charge on any atom is -0.482 e. The smallest absolute Gasteiger partial charge is 0.260 e. The van der Waals surface area contributed by atoms with E-state index in [0.29, 0.717) is 50.4 Å². The van der Waals surface area contributed by atoms with Crippen LogP contribution >= 0.6 is 0 Å². The highest BCUT2D eigenvalue weighted by molar-refractivity contribution is 5.78. The summed E-state index contributed by atoms with van der Waals surface area (Å²) < 4.78 is 10.9. The van der Waals surface area contributed by atoms with Crippen molar-refractivity contribution in [3.8, 4) is 11.6 Å². The Bertz CT molecular complexity index is 690. The lowest BCUT2D eigenvalue weighted by molar-refractivity contribution is -0.133. The molecular formula is C17H21N5O3. The molecule has 0 atom stereocenters. The van der Waals surface area contributed by atoms with E-state index in [-0.39, 0.29) is 12.5 Å². The number of pyridine rings is 1. The first kappa shape index (κ1) is 16.9. The van der Waals surface area contributed by atoms with Crippen molar-refractivity contribution < 1.29 is 14.3 Å². The summed E-state index contributed by atoms with van der Waals surface area (Å²) in [6.45, 7) is 5.06. The summed E-state index contributed by atoms with van der Waals surface area (Å²) >= 11 is 0. The van der Waals surface area contributed by atoms with Gasteiger partial charge in [0.2, 0.25) is 11.8 Å². The van der Waals surface area contributed by atoms with E-state index in [1.54, 1.807) is 41.7 Å². The number of hydrogen-bond acceptors (Lipinski definition) is 7. The van der Waals surface area contributed by atoms with Crippen LogP contribution in [0.5, 0.6) is 11.6 Å². The Balaban J connectivity index is 1.49. The van der Waals surface area contributed by atoms with Gasteiger partial charge in [0.15, 0.2) is 6.61 Å². The lowest BCUT2D eigenvalue weighted by Crippen LogP contribution is -2.50. The minimum absolute atomic E-state index is 0.0159. The Labute approximate surface area is 146 Å². The molecule has 1 aliphatic rings. The Morgan fingerprint density at radius 1 is 1.16 bits per heavy atom. The number of hydrogen-bond donors (Lipinski definition) is 0. The van der Waals surface area contributed by atoms with Crippen LogP contribution in [-0.2, 0) is 4.79 Å². The van der Waals surface area contributed by atoms with Crippen molar-refractivity contribution in [1.82, 2.24) is 19.9 Å². The summed E-state index contributed by atoms with van der Waals surface area (Å²) in [7, 11) is 0. The summed E-state index contributed by atoms with van der Waals surface area (Å²) in [4.78, 5) is 28.7. The topological polar surface area (TPSA) is 80.7 Å². The van der Waals surface area contributed by atoms with Crippen LogP contribution in [0.1, 0.15) is 6.92 Å². The summed E-state index contributed by atoms with van der Waals surface area (Å²) in [5, 5.41) is 0. The molecular weight excluding hydrogens is 322 g/mol. The second kappa shape index (κ2) is 8.27. The predicted octanol–water partition coefficient (Wildman–Crippen LogP) is 0.998. The molecule has 3 heterocycles. The maximum Gasteiger partial charge on any atom is 0.260 e. The number of anilines is 1. The van der Waals surface area contributed by atoms with Gasteiger partial charge in [0.1, 0.15) is 5.75 Å². The van der Waals surface area contributed by atoms with Crippen LogP contribution in [-0.4, -0.2) is 65.2 Å². The molecule has 2 aromatic heterocycles. The quantitative estimate of drug-likeness (QED) is 0.774. The number of nitrogens with zero attached hydrogens (tertiary/aromatic N) is 5. The first-order valence-corrected chi connectivity index (χ1v) is 8.27. The minimum atomic E-state index is -0.0347. The maximum atomic E-state index is 12.3. The average molecular weight is 343 g/mol. The van der Waals surface area contributed by atoms with Crippen molar-refractivity contribution in [2.45, 2.75) is 6.92 Å². The van der Waals surface area contributed by atoms with Gasteiger partial charge in [-0.05, 0) is 19.1 Å². The van der Waals surface area contributed by atoms with Gasteiger partial charge in [0.05, 0.1) is 12.8 Å². The van der Waals surface area contributed by atoms with Gasteiger partial charge in [-0.1, -0.05) is 0 Å². The molecule has 8 heteroatoms. The molecule has 1 aliphatic heterocycles. The summed E-state index contributed by atoms with van der Waals surface area (Å²) in [5.41, 5.74) is 0. The van der Waals surface area contributed by atoms with E-state index in [4.69, 9.17) is 9.47 Å². The van der Waals surface area contributed by atoms with Crippen molar-refractivity contribution in [1.29, 1.82) is 0 Å². The normalized spacial score (nSPS) is 14.3. The lowest BCUT2D eigenvalue weighted by atomic mass is 10.3. The van der Waals surface area contributed by atoms with Crippen LogP contribution in [0.2, 0.25) is 0 Å². The highest BCUT2D eigenvalue weighted by Crippen LogP contribution is 2.15. The van der Waals surface area contributed by atoms with Gasteiger partial charge in [-0.25, -0.2) is 4.98 Å². The Morgan fingerprint density at radius 2 is 2.00 bits per heavy atom. The zero-order valence-corrected chi connectivity index (χ0v) is 14.2. The second-order valence-corrected chi connectivity index (χ2v) is 5.47. The molecule has 0 aromatic carbocycles. The molecule has 0 radical (unpaired) electrons. The molecule has 0 aliphatic carbocycles. The Kier molecular flexibility index (Phi) is 5.61. The SMILES string of the molecule is CCOc1ccnc(N2CCN(C(=O)COc3cccnc3)CC2)n1. The van der Waals surface area contributed by atoms with Crippen molar-refractivity contribution in [2.24, 2.45) is 0 Å². The van der Waals surface area contributed by atoms with Crippen LogP contribution < -0.4 is 14.4 Å². The number of carbonyl (C=O) groups is 1. The Hall–Kier alpha value is -2.90.